The zero-order valence-corrected chi connectivity index (χ0v) is 15.4. The molecule has 3 fully saturated rings. The van der Waals surface area contributed by atoms with Crippen molar-refractivity contribution in [1.82, 2.24) is 14.8 Å². The van der Waals surface area contributed by atoms with Crippen molar-refractivity contribution in [2.45, 2.75) is 32.0 Å². The van der Waals surface area contributed by atoms with Gasteiger partial charge in [0.05, 0.1) is 23.7 Å². The third kappa shape index (κ3) is 3.26. The number of nitrogens with zero attached hydrogens (tertiary/aromatic N) is 3. The molecule has 3 saturated heterocycles. The summed E-state index contributed by atoms with van der Waals surface area (Å²) >= 11 is 1.53. The summed E-state index contributed by atoms with van der Waals surface area (Å²) in [4.78, 5) is 33.7. The molecule has 3 aliphatic heterocycles. The second-order valence-electron chi connectivity index (χ2n) is 6.78. The Morgan fingerprint density at radius 3 is 3.04 bits per heavy atom. The molecule has 2 bridgehead atoms. The molecule has 0 N–H and O–H groups in total. The molecule has 2 aromatic heterocycles. The summed E-state index contributed by atoms with van der Waals surface area (Å²) in [5.41, 5.74) is 2.68. The highest BCUT2D eigenvalue weighted by atomic mass is 32.1. The number of piperidine rings is 1. The number of methoxy groups -OCH3 is 1. The van der Waals surface area contributed by atoms with Crippen LogP contribution in [0.4, 0.5) is 0 Å². The number of ether oxygens (including phenoxy) is 1. The van der Waals surface area contributed by atoms with Crippen molar-refractivity contribution >= 4 is 23.2 Å². The Hall–Kier alpha value is -2.19. The van der Waals surface area contributed by atoms with Crippen LogP contribution >= 0.6 is 11.3 Å². The molecule has 0 aromatic carbocycles. The van der Waals surface area contributed by atoms with Crippen LogP contribution in [0.2, 0.25) is 0 Å². The van der Waals surface area contributed by atoms with Crippen molar-refractivity contribution in [3.8, 4) is 0 Å². The molecule has 138 valence electrons. The fourth-order valence-corrected chi connectivity index (χ4v) is 4.32. The minimum atomic E-state index is -0.160. The van der Waals surface area contributed by atoms with Crippen LogP contribution in [0.25, 0.3) is 0 Å². The molecule has 5 rings (SSSR count). The maximum absolute atomic E-state index is 12.9. The number of furan rings is 1. The SMILES string of the molecule is COCc1ccc(C(=O)N2C[C@@H]3CC[C@H](C2)N(Cc2cscn2)C3=O)o1. The van der Waals surface area contributed by atoms with Gasteiger partial charge in [-0.3, -0.25) is 9.59 Å². The Morgan fingerprint density at radius 2 is 2.27 bits per heavy atom. The molecule has 0 saturated carbocycles. The Balaban J connectivity index is 1.51. The summed E-state index contributed by atoms with van der Waals surface area (Å²) in [5.74, 6) is 0.744. The lowest BCUT2D eigenvalue weighted by Gasteiger charge is -2.35. The van der Waals surface area contributed by atoms with Crippen molar-refractivity contribution in [3.63, 3.8) is 0 Å². The number of carbonyl (C=O) groups is 2. The van der Waals surface area contributed by atoms with Gasteiger partial charge >= 0.3 is 0 Å². The van der Waals surface area contributed by atoms with E-state index in [0.717, 1.165) is 18.5 Å². The zero-order valence-electron chi connectivity index (χ0n) is 14.6. The molecule has 2 atom stereocenters. The van der Waals surface area contributed by atoms with Crippen molar-refractivity contribution in [3.05, 3.63) is 40.2 Å². The van der Waals surface area contributed by atoms with Crippen LogP contribution in [0.1, 0.15) is 34.9 Å². The summed E-state index contributed by atoms with van der Waals surface area (Å²) < 4.78 is 10.6. The fourth-order valence-electron chi connectivity index (χ4n) is 3.77. The Morgan fingerprint density at radius 1 is 1.38 bits per heavy atom. The Kier molecular flexibility index (Phi) is 4.78. The van der Waals surface area contributed by atoms with Gasteiger partial charge in [-0.1, -0.05) is 0 Å². The maximum atomic E-state index is 12.9. The number of amides is 2. The van der Waals surface area contributed by atoms with Crippen LogP contribution in [-0.2, 0) is 22.7 Å². The van der Waals surface area contributed by atoms with Crippen LogP contribution in [0.5, 0.6) is 0 Å². The van der Waals surface area contributed by atoms with Gasteiger partial charge in [0.2, 0.25) is 5.91 Å². The first-order valence-corrected chi connectivity index (χ1v) is 9.64. The van der Waals surface area contributed by atoms with Crippen LogP contribution in [0.3, 0.4) is 0 Å². The van der Waals surface area contributed by atoms with Crippen molar-refractivity contribution < 1.29 is 18.7 Å². The van der Waals surface area contributed by atoms with Gasteiger partial charge in [0, 0.05) is 31.6 Å². The van der Waals surface area contributed by atoms with Crippen LogP contribution in [-0.4, -0.2) is 52.8 Å². The summed E-state index contributed by atoms with van der Waals surface area (Å²) in [5, 5.41) is 1.97. The van der Waals surface area contributed by atoms with Crippen LogP contribution < -0.4 is 0 Å². The molecular weight excluding hydrogens is 354 g/mol. The number of hydrogen-bond donors (Lipinski definition) is 0. The number of hydrogen-bond acceptors (Lipinski definition) is 6. The van der Waals surface area contributed by atoms with E-state index in [0.29, 0.717) is 37.8 Å². The number of rotatable bonds is 5. The third-order valence-corrected chi connectivity index (χ3v) is 5.69. The van der Waals surface area contributed by atoms with E-state index in [9.17, 15) is 9.59 Å². The van der Waals surface area contributed by atoms with Crippen molar-refractivity contribution in [1.29, 1.82) is 0 Å². The lowest BCUT2D eigenvalue weighted by Crippen LogP contribution is -2.47. The average molecular weight is 375 g/mol. The summed E-state index contributed by atoms with van der Waals surface area (Å²) in [6.45, 7) is 1.83. The monoisotopic (exact) mass is 375 g/mol. The first-order chi connectivity index (χ1) is 12.7. The number of carbonyl (C=O) groups excluding carboxylic acids is 2. The highest BCUT2D eigenvalue weighted by Crippen LogP contribution is 2.31. The molecular formula is C18H21N3O4S. The number of aromatic nitrogens is 1. The normalized spacial score (nSPS) is 22.7. The minimum absolute atomic E-state index is 0.0281. The third-order valence-electron chi connectivity index (χ3n) is 5.06. The second-order valence-corrected chi connectivity index (χ2v) is 7.50. The molecule has 0 radical (unpaired) electrons. The Bertz CT molecular complexity index is 788. The maximum Gasteiger partial charge on any atom is 0.289 e. The lowest BCUT2D eigenvalue weighted by atomic mass is 9.94. The number of fused-ring (bicyclic) bond motifs is 4. The molecule has 2 amide bonds. The van der Waals surface area contributed by atoms with Gasteiger partial charge in [-0.2, -0.15) is 0 Å². The van der Waals surface area contributed by atoms with Gasteiger partial charge in [-0.15, -0.1) is 11.3 Å². The molecule has 7 nitrogen and oxygen atoms in total. The van der Waals surface area contributed by atoms with Gasteiger partial charge in [0.15, 0.2) is 5.76 Å². The standard InChI is InChI=1S/C18H21N3O4S/c1-24-9-15-4-5-16(25-15)18(23)20-6-12-2-3-14(8-20)21(17(12)22)7-13-10-26-11-19-13/h4-5,10-12,14H,2-3,6-9H2,1H3/t12-,14+/m0/s1. The average Bonchev–Trinajstić information content (AvgIpc) is 3.24. The largest absolute Gasteiger partial charge is 0.453 e. The quantitative estimate of drug-likeness (QED) is 0.800. The van der Waals surface area contributed by atoms with Crippen LogP contribution in [0.15, 0.2) is 27.4 Å². The highest BCUT2D eigenvalue weighted by molar-refractivity contribution is 7.07. The molecule has 0 unspecified atom stereocenters. The van der Waals surface area contributed by atoms with E-state index < -0.39 is 0 Å². The molecule has 0 aliphatic carbocycles. The summed E-state index contributed by atoms with van der Waals surface area (Å²) in [6, 6.07) is 3.46. The smallest absolute Gasteiger partial charge is 0.289 e. The van der Waals surface area contributed by atoms with Gasteiger partial charge in [0.25, 0.3) is 5.91 Å². The van der Waals surface area contributed by atoms with Gasteiger partial charge in [0.1, 0.15) is 12.4 Å². The minimum Gasteiger partial charge on any atom is -0.453 e. The van der Waals surface area contributed by atoms with Gasteiger partial charge in [-0.25, -0.2) is 4.98 Å². The van der Waals surface area contributed by atoms with E-state index in [-0.39, 0.29) is 23.8 Å². The lowest BCUT2D eigenvalue weighted by molar-refractivity contribution is -0.140. The molecule has 0 spiro atoms. The summed E-state index contributed by atoms with van der Waals surface area (Å²) in [6.07, 6.45) is 1.74. The van der Waals surface area contributed by atoms with Gasteiger partial charge < -0.3 is 19.0 Å². The molecule has 2 aromatic rings. The van der Waals surface area contributed by atoms with E-state index in [4.69, 9.17) is 9.15 Å². The van der Waals surface area contributed by atoms with E-state index in [1.54, 1.807) is 29.7 Å². The molecule has 5 heterocycles. The summed E-state index contributed by atoms with van der Waals surface area (Å²) in [7, 11) is 1.58. The topological polar surface area (TPSA) is 75.9 Å². The van der Waals surface area contributed by atoms with E-state index in [1.165, 1.54) is 11.3 Å². The Labute approximate surface area is 155 Å². The first-order valence-electron chi connectivity index (χ1n) is 8.70. The predicted octanol–water partition coefficient (Wildman–Crippen LogP) is 2.15. The van der Waals surface area contributed by atoms with Crippen LogP contribution in [0, 0.1) is 5.92 Å². The molecule has 3 aliphatic rings. The van der Waals surface area contributed by atoms with E-state index in [2.05, 4.69) is 4.98 Å². The van der Waals surface area contributed by atoms with Gasteiger partial charge in [-0.05, 0) is 25.0 Å². The van der Waals surface area contributed by atoms with Crippen molar-refractivity contribution in [2.75, 3.05) is 20.2 Å². The second kappa shape index (κ2) is 7.20. The number of thiazole rings is 1. The zero-order chi connectivity index (χ0) is 18.1. The fraction of sp³-hybridized carbons (Fsp3) is 0.500. The van der Waals surface area contributed by atoms with E-state index in [1.807, 2.05) is 10.3 Å². The highest BCUT2D eigenvalue weighted by Gasteiger charge is 2.42. The predicted molar refractivity (Wildman–Crippen MR) is 94.5 cm³/mol. The van der Waals surface area contributed by atoms with Crippen molar-refractivity contribution in [2.24, 2.45) is 5.92 Å². The molecule has 8 heteroatoms. The van der Waals surface area contributed by atoms with E-state index >= 15 is 0 Å². The first kappa shape index (κ1) is 17.2. The molecule has 26 heavy (non-hydrogen) atoms.